The standard InChI is InChI=1S/C19H32N4O3S.HI/c1-4-27(24,25)14-11-21-19(20-2)22-15-18(23-12-5-6-13-23)16-7-9-17(26-3)10-8-16;/h7-10,18H,4-6,11-15H2,1-3H3,(H2,20,21,22);1H. The van der Waals surface area contributed by atoms with E-state index >= 15 is 0 Å². The smallest absolute Gasteiger partial charge is 0.191 e. The van der Waals surface area contributed by atoms with Crippen molar-refractivity contribution in [2.45, 2.75) is 25.8 Å². The molecular weight excluding hydrogens is 491 g/mol. The van der Waals surface area contributed by atoms with Gasteiger partial charge in [-0.3, -0.25) is 9.89 Å². The molecule has 2 rings (SSSR count). The zero-order valence-corrected chi connectivity index (χ0v) is 20.1. The SMILES string of the molecule is CCS(=O)(=O)CCNC(=NC)NCC(c1ccc(OC)cc1)N1CCCC1.I. The van der Waals surface area contributed by atoms with Crippen molar-refractivity contribution in [3.05, 3.63) is 29.8 Å². The van der Waals surface area contributed by atoms with E-state index in [0.29, 0.717) is 19.0 Å². The summed E-state index contributed by atoms with van der Waals surface area (Å²) in [7, 11) is 0.383. The van der Waals surface area contributed by atoms with Gasteiger partial charge in [0, 0.05) is 25.9 Å². The van der Waals surface area contributed by atoms with Crippen molar-refractivity contribution in [1.29, 1.82) is 0 Å². The van der Waals surface area contributed by atoms with Gasteiger partial charge in [0.25, 0.3) is 0 Å². The lowest BCUT2D eigenvalue weighted by Gasteiger charge is -2.29. The second-order valence-electron chi connectivity index (χ2n) is 6.65. The fourth-order valence-electron chi connectivity index (χ4n) is 3.22. The number of halogens is 1. The lowest BCUT2D eigenvalue weighted by Crippen LogP contribution is -2.44. The molecule has 1 atom stereocenters. The van der Waals surface area contributed by atoms with Gasteiger partial charge >= 0.3 is 0 Å². The maximum Gasteiger partial charge on any atom is 0.191 e. The van der Waals surface area contributed by atoms with Crippen LogP contribution in [0.2, 0.25) is 0 Å². The zero-order valence-electron chi connectivity index (χ0n) is 17.0. The van der Waals surface area contributed by atoms with Gasteiger partial charge in [0.1, 0.15) is 5.75 Å². The first-order valence-electron chi connectivity index (χ1n) is 9.52. The lowest BCUT2D eigenvalue weighted by molar-refractivity contribution is 0.245. The van der Waals surface area contributed by atoms with Gasteiger partial charge in [-0.1, -0.05) is 19.1 Å². The molecule has 0 aromatic heterocycles. The van der Waals surface area contributed by atoms with Crippen LogP contribution in [0.15, 0.2) is 29.3 Å². The van der Waals surface area contributed by atoms with E-state index in [-0.39, 0.29) is 41.5 Å². The quantitative estimate of drug-likeness (QED) is 0.293. The maximum absolute atomic E-state index is 11.6. The van der Waals surface area contributed by atoms with Crippen LogP contribution in [0.5, 0.6) is 5.75 Å². The van der Waals surface area contributed by atoms with Crippen molar-refractivity contribution in [2.75, 3.05) is 51.8 Å². The number of likely N-dealkylation sites (tertiary alicyclic amines) is 1. The molecule has 1 fully saturated rings. The van der Waals surface area contributed by atoms with Crippen LogP contribution in [-0.2, 0) is 9.84 Å². The Morgan fingerprint density at radius 3 is 2.39 bits per heavy atom. The summed E-state index contributed by atoms with van der Waals surface area (Å²) in [5.74, 6) is 1.74. The molecule has 160 valence electrons. The summed E-state index contributed by atoms with van der Waals surface area (Å²) in [6, 6.07) is 8.42. The summed E-state index contributed by atoms with van der Waals surface area (Å²) in [5, 5.41) is 6.45. The van der Waals surface area contributed by atoms with E-state index in [4.69, 9.17) is 4.74 Å². The summed E-state index contributed by atoms with van der Waals surface area (Å²) in [5.41, 5.74) is 1.23. The second-order valence-corrected chi connectivity index (χ2v) is 9.12. The molecule has 0 radical (unpaired) electrons. The van der Waals surface area contributed by atoms with E-state index in [9.17, 15) is 8.42 Å². The summed E-state index contributed by atoms with van der Waals surface area (Å²) >= 11 is 0. The minimum absolute atomic E-state index is 0. The van der Waals surface area contributed by atoms with Crippen LogP contribution < -0.4 is 15.4 Å². The van der Waals surface area contributed by atoms with Crippen LogP contribution >= 0.6 is 24.0 Å². The minimum atomic E-state index is -2.98. The number of nitrogens with one attached hydrogen (secondary N) is 2. The number of nitrogens with zero attached hydrogens (tertiary/aromatic N) is 2. The molecule has 0 saturated carbocycles. The number of guanidine groups is 1. The molecule has 0 aliphatic carbocycles. The number of hydrogen-bond acceptors (Lipinski definition) is 5. The van der Waals surface area contributed by atoms with Gasteiger partial charge in [-0.25, -0.2) is 8.42 Å². The molecule has 2 N–H and O–H groups in total. The largest absolute Gasteiger partial charge is 0.497 e. The Balaban J connectivity index is 0.00000392. The molecular formula is C19H33IN4O3S. The van der Waals surface area contributed by atoms with Gasteiger partial charge in [-0.15, -0.1) is 24.0 Å². The topological polar surface area (TPSA) is 83.0 Å². The third-order valence-corrected chi connectivity index (χ3v) is 6.62. The molecule has 28 heavy (non-hydrogen) atoms. The highest BCUT2D eigenvalue weighted by Crippen LogP contribution is 2.26. The van der Waals surface area contributed by atoms with Gasteiger partial charge in [-0.2, -0.15) is 0 Å². The highest BCUT2D eigenvalue weighted by molar-refractivity contribution is 14.0. The predicted octanol–water partition coefficient (Wildman–Crippen LogP) is 2.05. The fraction of sp³-hybridized carbons (Fsp3) is 0.632. The van der Waals surface area contributed by atoms with Gasteiger partial charge < -0.3 is 15.4 Å². The third kappa shape index (κ3) is 7.75. The van der Waals surface area contributed by atoms with Crippen LogP contribution in [0.3, 0.4) is 0 Å². The Kier molecular flexibility index (Phi) is 11.1. The number of benzene rings is 1. The molecule has 1 aromatic rings. The van der Waals surface area contributed by atoms with Crippen molar-refractivity contribution < 1.29 is 13.2 Å². The number of sulfone groups is 1. The van der Waals surface area contributed by atoms with Crippen molar-refractivity contribution in [3.63, 3.8) is 0 Å². The molecule has 7 nitrogen and oxygen atoms in total. The molecule has 9 heteroatoms. The number of rotatable bonds is 9. The number of hydrogen-bond donors (Lipinski definition) is 2. The van der Waals surface area contributed by atoms with Crippen molar-refractivity contribution in [3.8, 4) is 5.75 Å². The molecule has 0 amide bonds. The van der Waals surface area contributed by atoms with E-state index in [0.717, 1.165) is 18.8 Å². The Morgan fingerprint density at radius 2 is 1.86 bits per heavy atom. The Labute approximate surface area is 186 Å². The highest BCUT2D eigenvalue weighted by atomic mass is 127. The summed E-state index contributed by atoms with van der Waals surface area (Å²) < 4.78 is 28.5. The first kappa shape index (κ1) is 25.0. The molecule has 1 saturated heterocycles. The van der Waals surface area contributed by atoms with Crippen molar-refractivity contribution >= 4 is 39.8 Å². The van der Waals surface area contributed by atoms with Crippen LogP contribution in [-0.4, -0.2) is 71.1 Å². The minimum Gasteiger partial charge on any atom is -0.497 e. The van der Waals surface area contributed by atoms with E-state index in [1.165, 1.54) is 18.4 Å². The van der Waals surface area contributed by atoms with Crippen molar-refractivity contribution in [1.82, 2.24) is 15.5 Å². The van der Waals surface area contributed by atoms with E-state index in [2.05, 4.69) is 32.7 Å². The zero-order chi connectivity index (χ0) is 19.7. The van der Waals surface area contributed by atoms with E-state index < -0.39 is 9.84 Å². The van der Waals surface area contributed by atoms with Crippen LogP contribution in [0.25, 0.3) is 0 Å². The lowest BCUT2D eigenvalue weighted by atomic mass is 10.1. The van der Waals surface area contributed by atoms with Gasteiger partial charge in [0.05, 0.1) is 18.9 Å². The average molecular weight is 524 g/mol. The fourth-order valence-corrected chi connectivity index (χ4v) is 3.92. The first-order chi connectivity index (χ1) is 13.0. The molecule has 0 spiro atoms. The molecule has 1 aliphatic rings. The average Bonchev–Trinajstić information content (AvgIpc) is 3.21. The van der Waals surface area contributed by atoms with Gasteiger partial charge in [-0.05, 0) is 43.6 Å². The predicted molar refractivity (Wildman–Crippen MR) is 126 cm³/mol. The third-order valence-electron chi connectivity index (χ3n) is 4.91. The second kappa shape index (κ2) is 12.5. The summed E-state index contributed by atoms with van der Waals surface area (Å²) in [4.78, 5) is 6.69. The molecule has 1 aliphatic heterocycles. The van der Waals surface area contributed by atoms with Crippen LogP contribution in [0, 0.1) is 0 Å². The Morgan fingerprint density at radius 1 is 1.21 bits per heavy atom. The molecule has 1 unspecified atom stereocenters. The Hall–Kier alpha value is -1.07. The number of aliphatic imine (C=N–C) groups is 1. The van der Waals surface area contributed by atoms with Gasteiger partial charge in [0.2, 0.25) is 0 Å². The maximum atomic E-state index is 11.6. The molecule has 1 aromatic carbocycles. The molecule has 1 heterocycles. The summed E-state index contributed by atoms with van der Waals surface area (Å²) in [6.07, 6.45) is 2.43. The Bertz CT molecular complexity index is 704. The number of methoxy groups -OCH3 is 1. The van der Waals surface area contributed by atoms with Crippen LogP contribution in [0.1, 0.15) is 31.4 Å². The number of ether oxygens (including phenoxy) is 1. The summed E-state index contributed by atoms with van der Waals surface area (Å²) in [6.45, 7) is 4.88. The first-order valence-corrected chi connectivity index (χ1v) is 11.3. The van der Waals surface area contributed by atoms with Gasteiger partial charge in [0.15, 0.2) is 15.8 Å². The monoisotopic (exact) mass is 524 g/mol. The van der Waals surface area contributed by atoms with E-state index in [1.807, 2.05) is 12.1 Å². The normalized spacial score (nSPS) is 16.3. The highest BCUT2D eigenvalue weighted by Gasteiger charge is 2.23. The van der Waals surface area contributed by atoms with Crippen molar-refractivity contribution in [2.24, 2.45) is 4.99 Å². The van der Waals surface area contributed by atoms with E-state index in [1.54, 1.807) is 21.1 Å². The molecule has 0 bridgehead atoms. The van der Waals surface area contributed by atoms with Crippen LogP contribution in [0.4, 0.5) is 0 Å².